The summed E-state index contributed by atoms with van der Waals surface area (Å²) in [6, 6.07) is 5.04. The van der Waals surface area contributed by atoms with Crippen molar-refractivity contribution < 1.29 is 4.74 Å². The molecule has 1 rings (SSSR count). The van der Waals surface area contributed by atoms with Gasteiger partial charge in [-0.15, -0.1) is 0 Å². The molecule has 1 aromatic carbocycles. The number of hydrogen-bond donors (Lipinski definition) is 0. The fourth-order valence-electron chi connectivity index (χ4n) is 0.716. The minimum absolute atomic E-state index is 0.315. The van der Waals surface area contributed by atoms with E-state index in [1.165, 1.54) is 7.11 Å². The second-order valence-electron chi connectivity index (χ2n) is 1.82. The molecule has 0 aliphatic rings. The Balaban J connectivity index is 3.17. The number of ether oxygens (including phenoxy) is 1. The van der Waals surface area contributed by atoms with Crippen LogP contribution >= 0.6 is 11.6 Å². The van der Waals surface area contributed by atoms with E-state index in [-0.39, 0.29) is 0 Å². The lowest BCUT2D eigenvalue weighted by molar-refractivity contribution is 0.416. The Morgan fingerprint density at radius 3 is 2.60 bits per heavy atom. The molecule has 10 heavy (non-hydrogen) atoms. The number of methoxy groups -OCH3 is 1. The highest BCUT2D eigenvalue weighted by molar-refractivity contribution is 6.32. The molecule has 1 aromatic rings. The Morgan fingerprint density at radius 1 is 1.50 bits per heavy atom. The molecule has 0 atom stereocenters. The molecule has 0 heterocycles. The number of rotatable bonds is 1. The highest BCUT2D eigenvalue weighted by Gasteiger charge is 2.02. The van der Waals surface area contributed by atoms with Crippen LogP contribution in [0.3, 0.4) is 0 Å². The second-order valence-corrected chi connectivity index (χ2v) is 2.23. The third-order valence-corrected chi connectivity index (χ3v) is 1.47. The zero-order valence-electron chi connectivity index (χ0n) is 5.52. The van der Waals surface area contributed by atoms with E-state index in [4.69, 9.17) is 22.1 Å². The topological polar surface area (TPSA) is 33.0 Å². The van der Waals surface area contributed by atoms with Crippen molar-refractivity contribution in [1.29, 1.82) is 0 Å². The molecule has 0 spiro atoms. The first-order valence-electron chi connectivity index (χ1n) is 2.80. The van der Waals surface area contributed by atoms with Crippen LogP contribution in [0.2, 0.25) is 5.02 Å². The maximum atomic E-state index is 7.30. The third-order valence-electron chi connectivity index (χ3n) is 1.17. The quantitative estimate of drug-likeness (QED) is 0.614. The Kier molecular flexibility index (Phi) is 2.02. The average molecular weight is 157 g/mol. The first kappa shape index (κ1) is 7.22. The molecule has 0 saturated heterocycles. The number of nitrogens with one attached hydrogen (secondary N) is 1. The fourth-order valence-corrected chi connectivity index (χ4v) is 0.968. The van der Waals surface area contributed by atoms with Crippen LogP contribution in [0, 0.1) is 0 Å². The van der Waals surface area contributed by atoms with Gasteiger partial charge in [0.25, 0.3) is 0 Å². The van der Waals surface area contributed by atoms with Crippen LogP contribution in [0.25, 0.3) is 0 Å². The standard InChI is InChI=1S/C7H7ClNO/c1-10-7-5(8)3-2-4-6(7)9/h2-4,9H,1H3. The molecular formula is C7H7ClNO. The summed E-state index contributed by atoms with van der Waals surface area (Å²) in [5.74, 6) is 0.434. The van der Waals surface area contributed by atoms with Crippen LogP contribution in [-0.2, 0) is 0 Å². The highest BCUT2D eigenvalue weighted by atomic mass is 35.5. The summed E-state index contributed by atoms with van der Waals surface area (Å²) in [7, 11) is 1.50. The smallest absolute Gasteiger partial charge is 0.162 e. The zero-order chi connectivity index (χ0) is 7.56. The van der Waals surface area contributed by atoms with Gasteiger partial charge in [0.05, 0.1) is 17.8 Å². The number of hydrogen-bond acceptors (Lipinski definition) is 1. The first-order valence-corrected chi connectivity index (χ1v) is 3.17. The Bertz CT molecular complexity index is 217. The molecule has 0 aliphatic heterocycles. The van der Waals surface area contributed by atoms with Crippen molar-refractivity contribution in [2.45, 2.75) is 0 Å². The van der Waals surface area contributed by atoms with Gasteiger partial charge in [-0.05, 0) is 12.1 Å². The van der Waals surface area contributed by atoms with E-state index in [2.05, 4.69) is 0 Å². The van der Waals surface area contributed by atoms with E-state index < -0.39 is 0 Å². The van der Waals surface area contributed by atoms with E-state index in [0.29, 0.717) is 16.5 Å². The van der Waals surface area contributed by atoms with Crippen molar-refractivity contribution in [1.82, 2.24) is 5.73 Å². The lowest BCUT2D eigenvalue weighted by atomic mass is 10.3. The van der Waals surface area contributed by atoms with Crippen molar-refractivity contribution in [3.05, 3.63) is 23.2 Å². The third kappa shape index (κ3) is 1.16. The van der Waals surface area contributed by atoms with Crippen molar-refractivity contribution in [2.75, 3.05) is 7.11 Å². The monoisotopic (exact) mass is 156 g/mol. The van der Waals surface area contributed by atoms with Crippen LogP contribution in [0.5, 0.6) is 5.75 Å². The summed E-state index contributed by atoms with van der Waals surface area (Å²) in [6.07, 6.45) is 0. The summed E-state index contributed by atoms with van der Waals surface area (Å²) in [5.41, 5.74) is 7.62. The van der Waals surface area contributed by atoms with Crippen molar-refractivity contribution >= 4 is 17.3 Å². The average Bonchev–Trinajstić information content (AvgIpc) is 1.88. The molecule has 0 amide bonds. The van der Waals surface area contributed by atoms with Crippen molar-refractivity contribution in [2.24, 2.45) is 0 Å². The van der Waals surface area contributed by atoms with Gasteiger partial charge in [0.15, 0.2) is 5.75 Å². The zero-order valence-corrected chi connectivity index (χ0v) is 6.27. The molecule has 53 valence electrons. The molecule has 0 unspecified atom stereocenters. The SMILES string of the molecule is COc1c([NH])cccc1Cl. The second kappa shape index (κ2) is 2.80. The van der Waals surface area contributed by atoms with Crippen LogP contribution in [0.15, 0.2) is 18.2 Å². The van der Waals surface area contributed by atoms with Crippen LogP contribution in [-0.4, -0.2) is 7.11 Å². The fraction of sp³-hybridized carbons (Fsp3) is 0.143. The number of halogens is 1. The lowest BCUT2D eigenvalue weighted by Gasteiger charge is -2.03. The molecule has 0 fully saturated rings. The molecule has 2 nitrogen and oxygen atoms in total. The van der Waals surface area contributed by atoms with E-state index in [0.717, 1.165) is 0 Å². The predicted molar refractivity (Wildman–Crippen MR) is 40.8 cm³/mol. The van der Waals surface area contributed by atoms with E-state index in [9.17, 15) is 0 Å². The molecule has 0 saturated carbocycles. The van der Waals surface area contributed by atoms with E-state index in [1.54, 1.807) is 18.2 Å². The van der Waals surface area contributed by atoms with Gasteiger partial charge >= 0.3 is 0 Å². The van der Waals surface area contributed by atoms with Gasteiger partial charge in [0.2, 0.25) is 0 Å². The number of benzene rings is 1. The van der Waals surface area contributed by atoms with Crippen LogP contribution in [0.1, 0.15) is 0 Å². The molecule has 0 aromatic heterocycles. The minimum Gasteiger partial charge on any atom is -0.493 e. The maximum absolute atomic E-state index is 7.30. The molecule has 1 radical (unpaired) electrons. The number of para-hydroxylation sites is 1. The van der Waals surface area contributed by atoms with Gasteiger partial charge in [-0.1, -0.05) is 17.7 Å². The van der Waals surface area contributed by atoms with Crippen molar-refractivity contribution in [3.8, 4) is 5.75 Å². The van der Waals surface area contributed by atoms with Gasteiger partial charge in [0, 0.05) is 0 Å². The van der Waals surface area contributed by atoms with E-state index >= 15 is 0 Å². The summed E-state index contributed by atoms with van der Waals surface area (Å²) in [5, 5.41) is 0.481. The van der Waals surface area contributed by atoms with Gasteiger partial charge in [-0.3, -0.25) is 5.73 Å². The summed E-state index contributed by atoms with van der Waals surface area (Å²) in [4.78, 5) is 0. The molecule has 3 heteroatoms. The minimum atomic E-state index is 0.315. The van der Waals surface area contributed by atoms with Crippen LogP contribution < -0.4 is 10.5 Å². The molecular weight excluding hydrogens is 150 g/mol. The summed E-state index contributed by atoms with van der Waals surface area (Å²) < 4.78 is 4.86. The Labute approximate surface area is 64.6 Å². The molecule has 0 aliphatic carbocycles. The lowest BCUT2D eigenvalue weighted by Crippen LogP contribution is -1.85. The molecule has 1 N–H and O–H groups in total. The summed E-state index contributed by atoms with van der Waals surface area (Å²) in [6.45, 7) is 0. The van der Waals surface area contributed by atoms with Gasteiger partial charge in [0.1, 0.15) is 0 Å². The Morgan fingerprint density at radius 2 is 2.20 bits per heavy atom. The van der Waals surface area contributed by atoms with E-state index in [1.807, 2.05) is 0 Å². The maximum Gasteiger partial charge on any atom is 0.162 e. The van der Waals surface area contributed by atoms with Gasteiger partial charge in [-0.25, -0.2) is 0 Å². The largest absolute Gasteiger partial charge is 0.493 e. The summed E-state index contributed by atoms with van der Waals surface area (Å²) >= 11 is 5.68. The Hall–Kier alpha value is -0.890. The first-order chi connectivity index (χ1) is 4.75. The van der Waals surface area contributed by atoms with Gasteiger partial charge < -0.3 is 4.74 Å². The van der Waals surface area contributed by atoms with Gasteiger partial charge in [-0.2, -0.15) is 0 Å². The van der Waals surface area contributed by atoms with Crippen molar-refractivity contribution in [3.63, 3.8) is 0 Å². The molecule has 0 bridgehead atoms. The highest BCUT2D eigenvalue weighted by Crippen LogP contribution is 2.30. The van der Waals surface area contributed by atoms with Crippen LogP contribution in [0.4, 0.5) is 5.69 Å². The predicted octanol–water partition coefficient (Wildman–Crippen LogP) is 2.26. The normalized spacial score (nSPS) is 9.40.